The van der Waals surface area contributed by atoms with E-state index in [1.165, 1.54) is 0 Å². The minimum absolute atomic E-state index is 0. The van der Waals surface area contributed by atoms with Crippen LogP contribution in [0.3, 0.4) is 0 Å². The van der Waals surface area contributed by atoms with E-state index >= 15 is 0 Å². The molecule has 1 unspecified atom stereocenters. The van der Waals surface area contributed by atoms with Crippen LogP contribution in [0.4, 0.5) is 5.95 Å². The Morgan fingerprint density at radius 2 is 2.07 bits per heavy atom. The number of ether oxygens (including phenoxy) is 1. The van der Waals surface area contributed by atoms with Crippen LogP contribution in [0.2, 0.25) is 5.15 Å². The van der Waals surface area contributed by atoms with Crippen LogP contribution < -0.4 is 34.9 Å². The molecule has 9 heteroatoms. The molecule has 1 aliphatic rings. The Hall–Kier alpha value is -1.99. The van der Waals surface area contributed by atoms with Gasteiger partial charge in [-0.1, -0.05) is 23.8 Å². The summed E-state index contributed by atoms with van der Waals surface area (Å²) in [6.07, 6.45) is 8.62. The number of nitrogens with one attached hydrogen (secondary N) is 1. The number of hydrogen-bond donors (Lipinski definition) is 1. The van der Waals surface area contributed by atoms with Gasteiger partial charge in [-0.05, 0) is 31.2 Å². The number of aromatic nitrogens is 3. The average Bonchev–Trinajstić information content (AvgIpc) is 2.62. The molecule has 2 heterocycles. The van der Waals surface area contributed by atoms with Gasteiger partial charge in [0.25, 0.3) is 0 Å². The van der Waals surface area contributed by atoms with Gasteiger partial charge in [-0.15, -0.1) is 0 Å². The molecule has 0 radical (unpaired) electrons. The summed E-state index contributed by atoms with van der Waals surface area (Å²) in [5, 5.41) is 3.50. The van der Waals surface area contributed by atoms with Gasteiger partial charge in [0, 0.05) is 18.0 Å². The Morgan fingerprint density at radius 3 is 2.78 bits per heavy atom. The van der Waals surface area contributed by atoms with Crippen LogP contribution >= 0.6 is 11.6 Å². The van der Waals surface area contributed by atoms with Gasteiger partial charge in [-0.3, -0.25) is 0 Å². The molecule has 0 aliphatic heterocycles. The summed E-state index contributed by atoms with van der Waals surface area (Å²) < 4.78 is 5.47. The molecule has 0 saturated carbocycles. The number of rotatable bonds is 5. The first kappa shape index (κ1) is 23.0. The third-order valence-corrected chi connectivity index (χ3v) is 3.71. The minimum Gasteiger partial charge on any atom is -0.870 e. The van der Waals surface area contributed by atoms with E-state index in [-0.39, 0.29) is 35.0 Å². The topological polar surface area (TPSA) is 107 Å². The van der Waals surface area contributed by atoms with E-state index in [1.54, 1.807) is 30.6 Å². The van der Waals surface area contributed by atoms with Crippen molar-refractivity contribution in [1.29, 1.82) is 0 Å². The molecular formula is C18H16ClN4NaO3. The van der Waals surface area contributed by atoms with Gasteiger partial charge in [0.2, 0.25) is 5.95 Å². The maximum atomic E-state index is 11.4. The Morgan fingerprint density at radius 1 is 1.30 bits per heavy atom. The SMILES string of the molecule is CCOC1=CC=CC(Nc2nccc(-c3ccnc(Cl)c3)n2)C1=C=O.[Na+].[OH-]. The molecular weight excluding hydrogens is 379 g/mol. The van der Waals surface area contributed by atoms with Crippen LogP contribution in [0.1, 0.15) is 6.92 Å². The van der Waals surface area contributed by atoms with Gasteiger partial charge in [0.1, 0.15) is 22.4 Å². The fourth-order valence-corrected chi connectivity index (χ4v) is 2.57. The van der Waals surface area contributed by atoms with Crippen molar-refractivity contribution < 1.29 is 44.6 Å². The first-order valence-corrected chi connectivity index (χ1v) is 8.07. The van der Waals surface area contributed by atoms with Crippen molar-refractivity contribution >= 4 is 23.5 Å². The van der Waals surface area contributed by atoms with Gasteiger partial charge in [-0.2, -0.15) is 0 Å². The Bertz CT molecular complexity index is 898. The smallest absolute Gasteiger partial charge is 0.870 e. The predicted molar refractivity (Wildman–Crippen MR) is 97.7 cm³/mol. The summed E-state index contributed by atoms with van der Waals surface area (Å²) >= 11 is 5.93. The molecule has 0 aromatic carbocycles. The molecule has 2 N–H and O–H groups in total. The third kappa shape index (κ3) is 5.74. The van der Waals surface area contributed by atoms with Crippen molar-refractivity contribution in [3.8, 4) is 11.3 Å². The zero-order valence-corrected chi connectivity index (χ0v) is 17.6. The van der Waals surface area contributed by atoms with Crippen molar-refractivity contribution in [3.05, 3.63) is 65.3 Å². The van der Waals surface area contributed by atoms with Gasteiger partial charge in [0.05, 0.1) is 18.3 Å². The van der Waals surface area contributed by atoms with Crippen molar-refractivity contribution in [3.63, 3.8) is 0 Å². The molecule has 7 nitrogen and oxygen atoms in total. The van der Waals surface area contributed by atoms with E-state index < -0.39 is 6.04 Å². The van der Waals surface area contributed by atoms with Gasteiger partial charge in [0.15, 0.2) is 0 Å². The summed E-state index contributed by atoms with van der Waals surface area (Å²) in [5.74, 6) is 2.82. The minimum atomic E-state index is -0.416. The first-order chi connectivity index (χ1) is 12.2. The molecule has 2 aromatic heterocycles. The second kappa shape index (κ2) is 11.0. The van der Waals surface area contributed by atoms with E-state index in [9.17, 15) is 4.79 Å². The van der Waals surface area contributed by atoms with Crippen LogP contribution in [0.15, 0.2) is 60.2 Å². The largest absolute Gasteiger partial charge is 1.00 e. The molecule has 134 valence electrons. The van der Waals surface area contributed by atoms with Crippen LogP contribution in [0, 0.1) is 0 Å². The summed E-state index contributed by atoms with van der Waals surface area (Å²) in [4.78, 5) is 24.0. The molecule has 2 aromatic rings. The van der Waals surface area contributed by atoms with E-state index in [0.717, 1.165) is 5.56 Å². The molecule has 1 atom stereocenters. The zero-order chi connectivity index (χ0) is 17.6. The van der Waals surface area contributed by atoms with Crippen molar-refractivity contribution in [2.75, 3.05) is 11.9 Å². The van der Waals surface area contributed by atoms with E-state index in [4.69, 9.17) is 16.3 Å². The normalized spacial score (nSPS) is 15.0. The molecule has 0 spiro atoms. The van der Waals surface area contributed by atoms with Crippen LogP contribution in [0.5, 0.6) is 0 Å². The maximum Gasteiger partial charge on any atom is 1.00 e. The summed E-state index contributed by atoms with van der Waals surface area (Å²) in [6, 6.07) is 4.89. The first-order valence-electron chi connectivity index (χ1n) is 7.69. The Kier molecular flexibility index (Phi) is 9.38. The summed E-state index contributed by atoms with van der Waals surface area (Å²) in [6.45, 7) is 2.32. The fourth-order valence-electron chi connectivity index (χ4n) is 2.40. The second-order valence-corrected chi connectivity index (χ2v) is 5.51. The quantitative estimate of drug-likeness (QED) is 0.433. The van der Waals surface area contributed by atoms with E-state index in [0.29, 0.717) is 34.7 Å². The summed E-state index contributed by atoms with van der Waals surface area (Å²) in [7, 11) is 0. The molecule has 3 rings (SSSR count). The molecule has 1 aliphatic carbocycles. The van der Waals surface area contributed by atoms with Gasteiger partial charge < -0.3 is 15.5 Å². The van der Waals surface area contributed by atoms with Gasteiger partial charge >= 0.3 is 29.6 Å². The van der Waals surface area contributed by atoms with Crippen LogP contribution in [-0.2, 0) is 9.53 Å². The van der Waals surface area contributed by atoms with Gasteiger partial charge in [-0.25, -0.2) is 19.7 Å². The summed E-state index contributed by atoms with van der Waals surface area (Å²) in [5.41, 5.74) is 1.90. The molecule has 0 amide bonds. The molecule has 0 fully saturated rings. The number of anilines is 1. The number of allylic oxidation sites excluding steroid dienone is 2. The predicted octanol–water partition coefficient (Wildman–Crippen LogP) is 0.0479. The second-order valence-electron chi connectivity index (χ2n) is 5.12. The van der Waals surface area contributed by atoms with Crippen molar-refractivity contribution in [1.82, 2.24) is 15.0 Å². The van der Waals surface area contributed by atoms with Crippen molar-refractivity contribution in [2.24, 2.45) is 0 Å². The van der Waals surface area contributed by atoms with E-state index in [2.05, 4.69) is 20.3 Å². The number of pyridine rings is 1. The fraction of sp³-hybridized carbons (Fsp3) is 0.167. The number of hydrogen-bond acceptors (Lipinski definition) is 7. The monoisotopic (exact) mass is 394 g/mol. The molecule has 0 bridgehead atoms. The maximum absolute atomic E-state index is 11.4. The average molecular weight is 395 g/mol. The third-order valence-electron chi connectivity index (χ3n) is 3.50. The number of nitrogens with zero attached hydrogens (tertiary/aromatic N) is 3. The van der Waals surface area contributed by atoms with Crippen LogP contribution in [-0.4, -0.2) is 39.0 Å². The molecule has 27 heavy (non-hydrogen) atoms. The van der Waals surface area contributed by atoms with E-state index in [1.807, 2.05) is 31.1 Å². The molecule has 0 saturated heterocycles. The number of carbonyl (C=O) groups excluding carboxylic acids is 1. The zero-order valence-electron chi connectivity index (χ0n) is 14.9. The van der Waals surface area contributed by atoms with Crippen LogP contribution in [0.25, 0.3) is 11.3 Å². The standard InChI is InChI=1S/C18H15ClN4O2.Na.H2O/c1-2-25-16-5-3-4-15(13(16)11-24)23-18-21-9-7-14(22-18)12-6-8-20-17(19)10-12;;/h3-10,15H,2H2,1H3,(H,21,22,23);;1H2/q;+1;/p-1. The Labute approximate surface area is 183 Å². The van der Waals surface area contributed by atoms with Crippen molar-refractivity contribution in [2.45, 2.75) is 13.0 Å². The Balaban J connectivity index is 0.00000182. The number of halogens is 1.